The summed E-state index contributed by atoms with van der Waals surface area (Å²) in [5.74, 6) is 1.85. The number of fused-ring (bicyclic) bond motifs is 1. The number of ketones is 1. The van der Waals surface area contributed by atoms with Crippen LogP contribution >= 0.6 is 23.2 Å². The van der Waals surface area contributed by atoms with Crippen LogP contribution in [0.1, 0.15) is 52.4 Å². The molecule has 0 radical (unpaired) electrons. The Morgan fingerprint density at radius 1 is 1.00 bits per heavy atom. The van der Waals surface area contributed by atoms with Gasteiger partial charge >= 0.3 is 0 Å². The van der Waals surface area contributed by atoms with E-state index in [4.69, 9.17) is 32.7 Å². The molecule has 1 aliphatic heterocycles. The summed E-state index contributed by atoms with van der Waals surface area (Å²) in [6.45, 7) is 6.52. The van der Waals surface area contributed by atoms with E-state index in [2.05, 4.69) is 26.0 Å². The fourth-order valence-electron chi connectivity index (χ4n) is 3.44. The summed E-state index contributed by atoms with van der Waals surface area (Å²) in [6, 6.07) is 17.1. The minimum Gasteiger partial charge on any atom is -0.488 e. The first-order valence-electron chi connectivity index (χ1n) is 10.1. The van der Waals surface area contributed by atoms with Gasteiger partial charge in [0.15, 0.2) is 5.76 Å². The monoisotopic (exact) mass is 452 g/mol. The van der Waals surface area contributed by atoms with Crippen LogP contribution in [0.4, 0.5) is 0 Å². The molecular formula is C26H22Cl2O3. The van der Waals surface area contributed by atoms with Gasteiger partial charge in [-0.2, -0.15) is 0 Å². The van der Waals surface area contributed by atoms with Crippen LogP contribution in [0.25, 0.3) is 6.08 Å². The molecule has 3 aromatic carbocycles. The van der Waals surface area contributed by atoms with E-state index in [0.717, 1.165) is 16.7 Å². The molecule has 0 N–H and O–H groups in total. The molecule has 0 atom stereocenters. The molecule has 0 aromatic heterocycles. The van der Waals surface area contributed by atoms with E-state index in [1.807, 2.05) is 25.1 Å². The zero-order valence-corrected chi connectivity index (χ0v) is 19.1. The van der Waals surface area contributed by atoms with Crippen LogP contribution in [0.3, 0.4) is 0 Å². The Hall–Kier alpha value is -2.75. The van der Waals surface area contributed by atoms with Gasteiger partial charge in [0.1, 0.15) is 18.1 Å². The van der Waals surface area contributed by atoms with E-state index in [1.165, 1.54) is 5.56 Å². The second-order valence-corrected chi connectivity index (χ2v) is 8.68. The van der Waals surface area contributed by atoms with Gasteiger partial charge in [-0.25, -0.2) is 0 Å². The summed E-state index contributed by atoms with van der Waals surface area (Å²) in [7, 11) is 0. The highest BCUT2D eigenvalue weighted by Crippen LogP contribution is 2.39. The second-order valence-electron chi connectivity index (χ2n) is 7.86. The summed E-state index contributed by atoms with van der Waals surface area (Å²) in [4.78, 5) is 12.8. The minimum absolute atomic E-state index is 0.123. The molecule has 3 aromatic rings. The second kappa shape index (κ2) is 8.78. The van der Waals surface area contributed by atoms with Gasteiger partial charge in [0.05, 0.1) is 15.6 Å². The number of Topliss-reactive ketones (excluding diaryl/α,β-unsaturated/α-hetero) is 1. The summed E-state index contributed by atoms with van der Waals surface area (Å²) in [5, 5.41) is 0.989. The van der Waals surface area contributed by atoms with Crippen molar-refractivity contribution in [1.82, 2.24) is 0 Å². The summed E-state index contributed by atoms with van der Waals surface area (Å²) < 4.78 is 11.9. The molecule has 1 aliphatic rings. The van der Waals surface area contributed by atoms with Crippen LogP contribution in [0.5, 0.6) is 11.5 Å². The Kier molecular flexibility index (Phi) is 6.08. The quantitative estimate of drug-likeness (QED) is 0.373. The maximum atomic E-state index is 12.8. The molecule has 0 spiro atoms. The molecule has 0 fully saturated rings. The van der Waals surface area contributed by atoms with Crippen molar-refractivity contribution >= 4 is 35.1 Å². The third kappa shape index (κ3) is 4.48. The number of rotatable bonds is 5. The smallest absolute Gasteiger partial charge is 0.231 e. The number of carbonyl (C=O) groups excluding carboxylic acids is 1. The van der Waals surface area contributed by atoms with Gasteiger partial charge in [0, 0.05) is 5.56 Å². The molecule has 4 rings (SSSR count). The van der Waals surface area contributed by atoms with Crippen molar-refractivity contribution < 1.29 is 14.3 Å². The Morgan fingerprint density at radius 2 is 1.74 bits per heavy atom. The Bertz CT molecular complexity index is 1180. The minimum atomic E-state index is -0.123. The Labute approximate surface area is 192 Å². The molecule has 0 saturated heterocycles. The number of hydrogen-bond acceptors (Lipinski definition) is 3. The van der Waals surface area contributed by atoms with Gasteiger partial charge < -0.3 is 9.47 Å². The van der Waals surface area contributed by atoms with Crippen LogP contribution < -0.4 is 9.47 Å². The molecule has 0 aliphatic carbocycles. The lowest BCUT2D eigenvalue weighted by Gasteiger charge is -2.12. The van der Waals surface area contributed by atoms with Crippen LogP contribution in [0, 0.1) is 6.92 Å². The molecule has 0 amide bonds. The van der Waals surface area contributed by atoms with Gasteiger partial charge in [-0.15, -0.1) is 0 Å². The zero-order valence-electron chi connectivity index (χ0n) is 17.5. The first kappa shape index (κ1) is 21.5. The number of allylic oxidation sites excluding steroid dienone is 1. The molecule has 5 heteroatoms. The van der Waals surface area contributed by atoms with Gasteiger partial charge in [-0.05, 0) is 59.9 Å². The number of hydrogen-bond donors (Lipinski definition) is 0. The van der Waals surface area contributed by atoms with Crippen LogP contribution in [0.2, 0.25) is 10.0 Å². The highest BCUT2D eigenvalue weighted by atomic mass is 35.5. The van der Waals surface area contributed by atoms with Crippen molar-refractivity contribution in [3.05, 3.63) is 98.2 Å². The average molecular weight is 453 g/mol. The van der Waals surface area contributed by atoms with Crippen molar-refractivity contribution in [2.75, 3.05) is 0 Å². The van der Waals surface area contributed by atoms with E-state index in [9.17, 15) is 4.79 Å². The maximum absolute atomic E-state index is 12.8. The molecule has 0 saturated carbocycles. The lowest BCUT2D eigenvalue weighted by molar-refractivity contribution is 0.101. The van der Waals surface area contributed by atoms with Gasteiger partial charge in [-0.1, -0.05) is 67.4 Å². The predicted octanol–water partition coefficient (Wildman–Crippen LogP) is 7.62. The number of benzene rings is 3. The Morgan fingerprint density at radius 3 is 2.42 bits per heavy atom. The lowest BCUT2D eigenvalue weighted by Crippen LogP contribution is -1.98. The van der Waals surface area contributed by atoms with E-state index < -0.39 is 0 Å². The zero-order chi connectivity index (χ0) is 22.1. The van der Waals surface area contributed by atoms with E-state index in [0.29, 0.717) is 45.4 Å². The van der Waals surface area contributed by atoms with Crippen LogP contribution in [-0.2, 0) is 6.61 Å². The maximum Gasteiger partial charge on any atom is 0.231 e. The summed E-state index contributed by atoms with van der Waals surface area (Å²) >= 11 is 12.0. The topological polar surface area (TPSA) is 35.5 Å². The van der Waals surface area contributed by atoms with Gasteiger partial charge in [0.25, 0.3) is 0 Å². The third-order valence-electron chi connectivity index (χ3n) is 5.32. The molecule has 0 unspecified atom stereocenters. The first-order chi connectivity index (χ1) is 14.8. The van der Waals surface area contributed by atoms with Crippen LogP contribution in [-0.4, -0.2) is 5.78 Å². The molecule has 3 nitrogen and oxygen atoms in total. The number of halogens is 2. The van der Waals surface area contributed by atoms with E-state index in [-0.39, 0.29) is 5.78 Å². The SMILES string of the molecule is Cc1c(OCc2ccc(Cl)c(Cl)c2)ccc2c1O/C(=C\c1ccc(C(C)C)cc1)C2=O. The highest BCUT2D eigenvalue weighted by molar-refractivity contribution is 6.42. The van der Waals surface area contributed by atoms with Gasteiger partial charge in [0.2, 0.25) is 5.78 Å². The molecule has 0 bridgehead atoms. The first-order valence-corrected chi connectivity index (χ1v) is 10.8. The van der Waals surface area contributed by atoms with E-state index in [1.54, 1.807) is 30.3 Å². The molecule has 1 heterocycles. The van der Waals surface area contributed by atoms with Crippen molar-refractivity contribution in [3.63, 3.8) is 0 Å². The standard InChI is InChI=1S/C26H22Cl2O3/c1-15(2)19-7-4-17(5-8-19)13-24-25(29)20-9-11-23(16(3)26(20)31-24)30-14-18-6-10-21(27)22(28)12-18/h4-13,15H,14H2,1-3H3/b24-13-. The number of carbonyl (C=O) groups is 1. The average Bonchev–Trinajstić information content (AvgIpc) is 3.07. The van der Waals surface area contributed by atoms with Gasteiger partial charge in [-0.3, -0.25) is 4.79 Å². The van der Waals surface area contributed by atoms with E-state index >= 15 is 0 Å². The largest absolute Gasteiger partial charge is 0.488 e. The van der Waals surface area contributed by atoms with Crippen molar-refractivity contribution in [3.8, 4) is 11.5 Å². The molecule has 31 heavy (non-hydrogen) atoms. The molecular weight excluding hydrogens is 431 g/mol. The normalized spacial score (nSPS) is 14.1. The molecule has 158 valence electrons. The van der Waals surface area contributed by atoms with Crippen LogP contribution in [0.15, 0.2) is 60.4 Å². The lowest BCUT2D eigenvalue weighted by atomic mass is 10.0. The van der Waals surface area contributed by atoms with Crippen molar-refractivity contribution in [2.45, 2.75) is 33.3 Å². The summed E-state index contributed by atoms with van der Waals surface area (Å²) in [6.07, 6.45) is 1.78. The predicted molar refractivity (Wildman–Crippen MR) is 125 cm³/mol. The third-order valence-corrected chi connectivity index (χ3v) is 6.05. The number of ether oxygens (including phenoxy) is 2. The highest BCUT2D eigenvalue weighted by Gasteiger charge is 2.30. The summed E-state index contributed by atoms with van der Waals surface area (Å²) in [5.41, 5.74) is 4.41. The fourth-order valence-corrected chi connectivity index (χ4v) is 3.76. The van der Waals surface area contributed by atoms with Crippen molar-refractivity contribution in [2.24, 2.45) is 0 Å². The Balaban J connectivity index is 1.54. The fraction of sp³-hybridized carbons (Fsp3) is 0.192. The van der Waals surface area contributed by atoms with Crippen molar-refractivity contribution in [1.29, 1.82) is 0 Å².